The lowest BCUT2D eigenvalue weighted by Crippen LogP contribution is -2.52. The highest BCUT2D eigenvalue weighted by Crippen LogP contribution is 2.38. The Morgan fingerprint density at radius 1 is 1.47 bits per heavy atom. The summed E-state index contributed by atoms with van der Waals surface area (Å²) in [5, 5.41) is 20.2. The summed E-state index contributed by atoms with van der Waals surface area (Å²) < 4.78 is 40.0. The molecular formula is C10H9F3N2O4. The van der Waals surface area contributed by atoms with E-state index in [4.69, 9.17) is 0 Å². The predicted octanol–water partition coefficient (Wildman–Crippen LogP) is 1.06. The van der Waals surface area contributed by atoms with Gasteiger partial charge in [-0.3, -0.25) is 14.9 Å². The van der Waals surface area contributed by atoms with Crippen LogP contribution in [0.2, 0.25) is 0 Å². The summed E-state index contributed by atoms with van der Waals surface area (Å²) in [4.78, 5) is 20.0. The Labute approximate surface area is 104 Å². The van der Waals surface area contributed by atoms with Gasteiger partial charge in [0.2, 0.25) is 5.82 Å². The van der Waals surface area contributed by atoms with Crippen molar-refractivity contribution < 1.29 is 28.0 Å². The molecule has 0 fully saturated rings. The molecule has 0 saturated heterocycles. The third kappa shape index (κ3) is 2.36. The summed E-state index contributed by atoms with van der Waals surface area (Å²) in [7, 11) is 0. The first-order chi connectivity index (χ1) is 8.51. The Kier molecular flexibility index (Phi) is 3.53. The maximum atomic E-state index is 13.5. The number of aliphatic hydroxyl groups is 1. The van der Waals surface area contributed by atoms with Crippen LogP contribution in [0.5, 0.6) is 0 Å². The minimum Gasteiger partial charge on any atom is -0.379 e. The lowest BCUT2D eigenvalue weighted by Gasteiger charge is -2.30. The quantitative estimate of drug-likeness (QED) is 0.634. The summed E-state index contributed by atoms with van der Waals surface area (Å²) in [6, 6.07) is 1.67. The minimum atomic E-state index is -4.38. The van der Waals surface area contributed by atoms with E-state index >= 15 is 0 Å². The van der Waals surface area contributed by atoms with Crippen LogP contribution in [-0.2, 0) is 10.4 Å². The number of carbonyl (C=O) groups is 1. The number of hydrogen-bond acceptors (Lipinski definition) is 4. The Hall–Kier alpha value is -2.16. The molecule has 1 amide bonds. The molecule has 0 saturated carbocycles. The van der Waals surface area contributed by atoms with Gasteiger partial charge in [-0.25, -0.2) is 0 Å². The highest BCUT2D eigenvalue weighted by atomic mass is 19.3. The van der Waals surface area contributed by atoms with Gasteiger partial charge in [-0.2, -0.15) is 13.2 Å². The topological polar surface area (TPSA) is 106 Å². The molecule has 0 aliphatic heterocycles. The molecule has 0 unspecified atom stereocenters. The van der Waals surface area contributed by atoms with Crippen LogP contribution in [-0.4, -0.2) is 21.9 Å². The summed E-state index contributed by atoms with van der Waals surface area (Å²) in [6.07, 6.45) is 0. The van der Waals surface area contributed by atoms with Crippen molar-refractivity contribution in [3.05, 3.63) is 39.7 Å². The van der Waals surface area contributed by atoms with Gasteiger partial charge in [0.1, 0.15) is 0 Å². The van der Waals surface area contributed by atoms with Crippen LogP contribution in [0, 0.1) is 15.9 Å². The zero-order valence-electron chi connectivity index (χ0n) is 9.56. The van der Waals surface area contributed by atoms with Crippen molar-refractivity contribution in [2.75, 3.05) is 0 Å². The van der Waals surface area contributed by atoms with Crippen LogP contribution in [0.15, 0.2) is 18.2 Å². The number of rotatable bonds is 4. The molecule has 3 N–H and O–H groups in total. The Balaban J connectivity index is 3.42. The maximum Gasteiger partial charge on any atom is 0.355 e. The van der Waals surface area contributed by atoms with E-state index in [0.29, 0.717) is 25.1 Å². The van der Waals surface area contributed by atoms with Crippen LogP contribution >= 0.6 is 0 Å². The standard InChI is InChI=1S/C10H9F3N2O4/c1-9(17,10(12,13)8(14)16)5-2-3-6(11)7(4-5)15(18)19/h2-4,17H,1H3,(H2,14,16)/t9-/m1/s1. The van der Waals surface area contributed by atoms with Crippen molar-refractivity contribution in [1.29, 1.82) is 0 Å². The number of nitro groups is 1. The molecule has 0 aromatic heterocycles. The van der Waals surface area contributed by atoms with E-state index in [1.807, 2.05) is 0 Å². The first-order valence-corrected chi connectivity index (χ1v) is 4.86. The first-order valence-electron chi connectivity index (χ1n) is 4.86. The van der Waals surface area contributed by atoms with Gasteiger partial charge >= 0.3 is 11.6 Å². The van der Waals surface area contributed by atoms with Crippen molar-refractivity contribution in [1.82, 2.24) is 0 Å². The highest BCUT2D eigenvalue weighted by molar-refractivity contribution is 5.83. The minimum absolute atomic E-state index is 0.423. The first kappa shape index (κ1) is 14.9. The largest absolute Gasteiger partial charge is 0.379 e. The van der Waals surface area contributed by atoms with Gasteiger partial charge < -0.3 is 10.8 Å². The highest BCUT2D eigenvalue weighted by Gasteiger charge is 2.55. The lowest BCUT2D eigenvalue weighted by atomic mass is 9.88. The number of primary amides is 1. The predicted molar refractivity (Wildman–Crippen MR) is 56.8 cm³/mol. The number of benzene rings is 1. The second-order valence-corrected chi connectivity index (χ2v) is 3.93. The molecule has 0 spiro atoms. The van der Waals surface area contributed by atoms with Crippen LogP contribution < -0.4 is 5.73 Å². The molecule has 1 atom stereocenters. The number of nitrogens with zero attached hydrogens (tertiary/aromatic N) is 1. The van der Waals surface area contributed by atoms with Crippen molar-refractivity contribution in [2.45, 2.75) is 18.4 Å². The fourth-order valence-electron chi connectivity index (χ4n) is 1.38. The molecule has 1 rings (SSSR count). The zero-order valence-corrected chi connectivity index (χ0v) is 9.56. The van der Waals surface area contributed by atoms with Crippen molar-refractivity contribution in [3.8, 4) is 0 Å². The Bertz CT molecular complexity index is 546. The molecule has 0 heterocycles. The summed E-state index contributed by atoms with van der Waals surface area (Å²) in [6.45, 7) is 0.550. The van der Waals surface area contributed by atoms with Crippen LogP contribution in [0.4, 0.5) is 18.9 Å². The van der Waals surface area contributed by atoms with Gasteiger partial charge in [0, 0.05) is 6.07 Å². The molecule has 0 aliphatic rings. The van der Waals surface area contributed by atoms with Gasteiger partial charge in [0.15, 0.2) is 5.60 Å². The fraction of sp³-hybridized carbons (Fsp3) is 0.300. The van der Waals surface area contributed by atoms with E-state index in [-0.39, 0.29) is 0 Å². The van der Waals surface area contributed by atoms with E-state index < -0.39 is 39.4 Å². The molecule has 1 aromatic carbocycles. The Morgan fingerprint density at radius 2 is 2.00 bits per heavy atom. The van der Waals surface area contributed by atoms with E-state index in [1.165, 1.54) is 0 Å². The normalized spacial score (nSPS) is 14.8. The molecule has 19 heavy (non-hydrogen) atoms. The van der Waals surface area contributed by atoms with E-state index in [1.54, 1.807) is 0 Å². The maximum absolute atomic E-state index is 13.5. The average Bonchev–Trinajstić information content (AvgIpc) is 2.28. The van der Waals surface area contributed by atoms with Crippen LogP contribution in [0.25, 0.3) is 0 Å². The second-order valence-electron chi connectivity index (χ2n) is 3.93. The summed E-state index contributed by atoms with van der Waals surface area (Å²) in [5.41, 5.74) is -0.439. The Morgan fingerprint density at radius 3 is 2.42 bits per heavy atom. The van der Waals surface area contributed by atoms with E-state index in [9.17, 15) is 33.2 Å². The van der Waals surface area contributed by atoms with Gasteiger partial charge in [0.05, 0.1) is 4.92 Å². The third-order valence-corrected chi connectivity index (χ3v) is 2.63. The summed E-state index contributed by atoms with van der Waals surface area (Å²) in [5.74, 6) is -7.74. The second kappa shape index (κ2) is 4.50. The molecule has 0 bridgehead atoms. The molecule has 6 nitrogen and oxygen atoms in total. The lowest BCUT2D eigenvalue weighted by molar-refractivity contribution is -0.387. The number of nitrogens with two attached hydrogens (primary N) is 1. The van der Waals surface area contributed by atoms with Crippen LogP contribution in [0.3, 0.4) is 0 Å². The summed E-state index contributed by atoms with van der Waals surface area (Å²) >= 11 is 0. The van der Waals surface area contributed by atoms with Crippen molar-refractivity contribution in [3.63, 3.8) is 0 Å². The van der Waals surface area contributed by atoms with Gasteiger partial charge in [-0.1, -0.05) is 6.07 Å². The molecule has 1 aromatic rings. The molecule has 0 radical (unpaired) electrons. The number of carbonyl (C=O) groups excluding carboxylic acids is 1. The molecule has 9 heteroatoms. The SMILES string of the molecule is C[C@@](O)(c1ccc(F)c([N+](=O)[O-])c1)C(F)(F)C(N)=O. The number of amides is 1. The molecule has 0 aliphatic carbocycles. The third-order valence-electron chi connectivity index (χ3n) is 2.63. The van der Waals surface area contributed by atoms with Gasteiger partial charge in [-0.15, -0.1) is 0 Å². The van der Waals surface area contributed by atoms with E-state index in [2.05, 4.69) is 5.73 Å². The number of alkyl halides is 2. The number of nitro benzene ring substituents is 1. The monoisotopic (exact) mass is 278 g/mol. The van der Waals surface area contributed by atoms with Gasteiger partial charge in [-0.05, 0) is 18.6 Å². The molecular weight excluding hydrogens is 269 g/mol. The average molecular weight is 278 g/mol. The fourth-order valence-corrected chi connectivity index (χ4v) is 1.38. The van der Waals surface area contributed by atoms with E-state index in [0.717, 1.165) is 0 Å². The molecule has 104 valence electrons. The smallest absolute Gasteiger partial charge is 0.355 e. The van der Waals surface area contributed by atoms with Crippen molar-refractivity contribution >= 4 is 11.6 Å². The van der Waals surface area contributed by atoms with Crippen molar-refractivity contribution in [2.24, 2.45) is 5.73 Å². The van der Waals surface area contributed by atoms with Gasteiger partial charge in [0.25, 0.3) is 5.91 Å². The number of hydrogen-bond donors (Lipinski definition) is 2. The number of halogens is 3. The van der Waals surface area contributed by atoms with Crippen LogP contribution in [0.1, 0.15) is 12.5 Å². The zero-order chi connectivity index (χ0) is 15.0.